The number of phenolic OH excluding ortho intramolecular Hbond substituents is 1. The molecule has 122 valence electrons. The SMILES string of the molecule is CC(=N)CC(C)c1ccc(S(=O)(=O)c2ccc(O)cc2)cc1C. The Balaban J connectivity index is 2.39. The Morgan fingerprint density at radius 3 is 2.22 bits per heavy atom. The number of rotatable bonds is 5. The van der Waals surface area contributed by atoms with E-state index in [9.17, 15) is 13.5 Å². The summed E-state index contributed by atoms with van der Waals surface area (Å²) in [5.74, 6) is 0.212. The smallest absolute Gasteiger partial charge is 0.206 e. The first-order chi connectivity index (χ1) is 10.7. The summed E-state index contributed by atoms with van der Waals surface area (Å²) in [6.07, 6.45) is 0.658. The molecule has 2 N–H and O–H groups in total. The second-order valence-electron chi connectivity index (χ2n) is 5.90. The lowest BCUT2D eigenvalue weighted by Gasteiger charge is -2.15. The molecule has 0 aliphatic rings. The minimum atomic E-state index is -3.60. The van der Waals surface area contributed by atoms with Crippen molar-refractivity contribution in [1.82, 2.24) is 0 Å². The highest BCUT2D eigenvalue weighted by molar-refractivity contribution is 7.91. The number of hydrogen-bond donors (Lipinski definition) is 2. The van der Waals surface area contributed by atoms with Gasteiger partial charge in [0.25, 0.3) is 0 Å². The fourth-order valence-corrected chi connectivity index (χ4v) is 4.04. The van der Waals surface area contributed by atoms with Crippen LogP contribution in [0, 0.1) is 12.3 Å². The van der Waals surface area contributed by atoms with Crippen molar-refractivity contribution < 1.29 is 13.5 Å². The zero-order valence-corrected chi connectivity index (χ0v) is 14.3. The third kappa shape index (κ3) is 3.79. The molecular weight excluding hydrogens is 310 g/mol. The molecule has 0 fully saturated rings. The molecule has 2 aromatic rings. The normalized spacial score (nSPS) is 12.8. The van der Waals surface area contributed by atoms with E-state index in [1.165, 1.54) is 24.3 Å². The fraction of sp³-hybridized carbons (Fsp3) is 0.278. The predicted molar refractivity (Wildman–Crippen MR) is 91.2 cm³/mol. The van der Waals surface area contributed by atoms with Gasteiger partial charge >= 0.3 is 0 Å². The molecule has 0 radical (unpaired) electrons. The van der Waals surface area contributed by atoms with E-state index in [1.807, 2.05) is 19.9 Å². The third-order valence-corrected chi connectivity index (χ3v) is 5.61. The maximum absolute atomic E-state index is 12.6. The molecule has 1 atom stereocenters. The van der Waals surface area contributed by atoms with Crippen molar-refractivity contribution in [2.75, 3.05) is 0 Å². The van der Waals surface area contributed by atoms with Crippen molar-refractivity contribution in [2.45, 2.75) is 42.9 Å². The van der Waals surface area contributed by atoms with E-state index in [0.717, 1.165) is 11.1 Å². The van der Waals surface area contributed by atoms with E-state index >= 15 is 0 Å². The molecule has 0 amide bonds. The van der Waals surface area contributed by atoms with E-state index in [4.69, 9.17) is 5.41 Å². The monoisotopic (exact) mass is 331 g/mol. The van der Waals surface area contributed by atoms with Gasteiger partial charge in [-0.1, -0.05) is 13.0 Å². The topological polar surface area (TPSA) is 78.2 Å². The zero-order chi connectivity index (χ0) is 17.2. The van der Waals surface area contributed by atoms with E-state index in [-0.39, 0.29) is 21.5 Å². The summed E-state index contributed by atoms with van der Waals surface area (Å²) in [4.78, 5) is 0.397. The molecule has 0 heterocycles. The van der Waals surface area contributed by atoms with Crippen molar-refractivity contribution in [2.24, 2.45) is 0 Å². The summed E-state index contributed by atoms with van der Waals surface area (Å²) in [6.45, 7) is 5.70. The Morgan fingerprint density at radius 2 is 1.70 bits per heavy atom. The minimum Gasteiger partial charge on any atom is -0.508 e. The molecule has 0 saturated heterocycles. The van der Waals surface area contributed by atoms with Crippen LogP contribution in [-0.4, -0.2) is 19.2 Å². The van der Waals surface area contributed by atoms with E-state index < -0.39 is 9.84 Å². The van der Waals surface area contributed by atoms with E-state index in [1.54, 1.807) is 19.1 Å². The zero-order valence-electron chi connectivity index (χ0n) is 13.5. The number of hydrogen-bond acceptors (Lipinski definition) is 4. The molecule has 0 bridgehead atoms. The van der Waals surface area contributed by atoms with Gasteiger partial charge in [0.15, 0.2) is 0 Å². The average molecular weight is 331 g/mol. The number of nitrogens with one attached hydrogen (secondary N) is 1. The first-order valence-electron chi connectivity index (χ1n) is 7.40. The number of phenols is 1. The lowest BCUT2D eigenvalue weighted by Crippen LogP contribution is -2.05. The van der Waals surface area contributed by atoms with Crippen molar-refractivity contribution in [1.29, 1.82) is 5.41 Å². The van der Waals surface area contributed by atoms with Crippen LogP contribution in [-0.2, 0) is 9.84 Å². The quantitative estimate of drug-likeness (QED) is 0.811. The predicted octanol–water partition coefficient (Wildman–Crippen LogP) is 4.07. The first-order valence-corrected chi connectivity index (χ1v) is 8.89. The van der Waals surface area contributed by atoms with Crippen molar-refractivity contribution in [3.8, 4) is 5.75 Å². The van der Waals surface area contributed by atoms with Crippen molar-refractivity contribution in [3.05, 3.63) is 53.6 Å². The molecule has 0 saturated carbocycles. The van der Waals surface area contributed by atoms with Gasteiger partial charge in [-0.3, -0.25) is 0 Å². The van der Waals surface area contributed by atoms with Crippen LogP contribution in [0.5, 0.6) is 5.75 Å². The summed E-state index contributed by atoms with van der Waals surface area (Å²) in [5.41, 5.74) is 2.57. The van der Waals surface area contributed by atoms with Crippen LogP contribution in [0.4, 0.5) is 0 Å². The van der Waals surface area contributed by atoms with Gasteiger partial charge in [-0.25, -0.2) is 8.42 Å². The van der Waals surface area contributed by atoms with Crippen LogP contribution >= 0.6 is 0 Å². The highest BCUT2D eigenvalue weighted by Gasteiger charge is 2.19. The summed E-state index contributed by atoms with van der Waals surface area (Å²) in [5, 5.41) is 16.9. The number of aryl methyl sites for hydroxylation is 1. The van der Waals surface area contributed by atoms with Gasteiger partial charge in [0, 0.05) is 5.71 Å². The molecule has 2 rings (SSSR count). The lowest BCUT2D eigenvalue weighted by molar-refractivity contribution is 0.475. The van der Waals surface area contributed by atoms with Crippen LogP contribution in [0.2, 0.25) is 0 Å². The Morgan fingerprint density at radius 1 is 1.13 bits per heavy atom. The van der Waals surface area contributed by atoms with Crippen LogP contribution < -0.4 is 0 Å². The molecule has 23 heavy (non-hydrogen) atoms. The molecule has 4 nitrogen and oxygen atoms in total. The third-order valence-electron chi connectivity index (χ3n) is 3.84. The van der Waals surface area contributed by atoms with Crippen LogP contribution in [0.1, 0.15) is 37.3 Å². The molecule has 1 unspecified atom stereocenters. The molecular formula is C18H21NO3S. The molecule has 0 spiro atoms. The second kappa shape index (κ2) is 6.54. The highest BCUT2D eigenvalue weighted by atomic mass is 32.2. The number of benzene rings is 2. The maximum Gasteiger partial charge on any atom is 0.206 e. The molecule has 0 aliphatic carbocycles. The van der Waals surface area contributed by atoms with Gasteiger partial charge in [0.05, 0.1) is 9.79 Å². The van der Waals surface area contributed by atoms with Gasteiger partial charge in [-0.2, -0.15) is 0 Å². The first kappa shape index (κ1) is 17.2. The van der Waals surface area contributed by atoms with Gasteiger partial charge in [0.2, 0.25) is 9.84 Å². The Kier molecular flexibility index (Phi) is 4.90. The van der Waals surface area contributed by atoms with E-state index in [2.05, 4.69) is 0 Å². The summed E-state index contributed by atoms with van der Waals surface area (Å²) >= 11 is 0. The van der Waals surface area contributed by atoms with Crippen LogP contribution in [0.25, 0.3) is 0 Å². The van der Waals surface area contributed by atoms with Gasteiger partial charge in [-0.15, -0.1) is 0 Å². The standard InChI is InChI=1S/C18H21NO3S/c1-12(10-14(3)19)18-9-8-17(11-13(18)2)23(21,22)16-6-4-15(20)5-7-16/h4-9,11-12,19-20H,10H2,1-3H3. The molecule has 2 aromatic carbocycles. The van der Waals surface area contributed by atoms with Gasteiger partial charge < -0.3 is 10.5 Å². The molecule has 5 heteroatoms. The molecule has 0 aromatic heterocycles. The summed E-state index contributed by atoms with van der Waals surface area (Å²) < 4.78 is 25.3. The second-order valence-corrected chi connectivity index (χ2v) is 7.85. The van der Waals surface area contributed by atoms with Crippen LogP contribution in [0.3, 0.4) is 0 Å². The summed E-state index contributed by atoms with van der Waals surface area (Å²) in [7, 11) is -3.60. The number of aromatic hydroxyl groups is 1. The Labute approximate surface area is 137 Å². The van der Waals surface area contributed by atoms with Gasteiger partial charge in [0.1, 0.15) is 5.75 Å². The van der Waals surface area contributed by atoms with Crippen molar-refractivity contribution >= 4 is 15.5 Å². The minimum absolute atomic E-state index is 0.0336. The summed E-state index contributed by atoms with van der Waals surface area (Å²) in [6, 6.07) is 10.6. The fourth-order valence-electron chi connectivity index (χ4n) is 2.70. The Hall–Kier alpha value is -2.14. The van der Waals surface area contributed by atoms with Crippen LogP contribution in [0.15, 0.2) is 52.3 Å². The van der Waals surface area contributed by atoms with Gasteiger partial charge in [-0.05, 0) is 73.7 Å². The maximum atomic E-state index is 12.6. The van der Waals surface area contributed by atoms with Crippen molar-refractivity contribution in [3.63, 3.8) is 0 Å². The number of sulfone groups is 1. The Bertz CT molecular complexity index is 824. The molecule has 0 aliphatic heterocycles. The van der Waals surface area contributed by atoms with E-state index in [0.29, 0.717) is 12.1 Å². The average Bonchev–Trinajstić information content (AvgIpc) is 2.46. The highest BCUT2D eigenvalue weighted by Crippen LogP contribution is 2.28. The lowest BCUT2D eigenvalue weighted by atomic mass is 9.92. The largest absolute Gasteiger partial charge is 0.508 e.